The van der Waals surface area contributed by atoms with E-state index in [9.17, 15) is 0 Å². The number of nitrogens with one attached hydrogen (secondary N) is 2. The molecule has 0 radical (unpaired) electrons. The first kappa shape index (κ1) is 23.2. The molecule has 0 atom stereocenters. The van der Waals surface area contributed by atoms with Gasteiger partial charge in [-0.3, -0.25) is 0 Å². The van der Waals surface area contributed by atoms with E-state index in [1.807, 2.05) is 43.3 Å². The van der Waals surface area contributed by atoms with Crippen molar-refractivity contribution in [3.05, 3.63) is 65.2 Å². The molecule has 0 saturated carbocycles. The summed E-state index contributed by atoms with van der Waals surface area (Å²) in [6.45, 7) is 7.55. The zero-order valence-electron chi connectivity index (χ0n) is 16.3. The SMILES string of the molecule is CCNC(=NCc1ccc(OC)cc1)NCc1ccccc1COCC.I. The lowest BCUT2D eigenvalue weighted by Gasteiger charge is -2.14. The number of rotatable bonds is 9. The smallest absolute Gasteiger partial charge is 0.191 e. The topological polar surface area (TPSA) is 54.9 Å². The maximum atomic E-state index is 5.55. The van der Waals surface area contributed by atoms with Gasteiger partial charge in [-0.15, -0.1) is 24.0 Å². The highest BCUT2D eigenvalue weighted by Gasteiger charge is 2.04. The third kappa shape index (κ3) is 8.17. The molecule has 0 saturated heterocycles. The predicted molar refractivity (Wildman–Crippen MR) is 122 cm³/mol. The fourth-order valence-corrected chi connectivity index (χ4v) is 2.50. The average Bonchev–Trinajstić information content (AvgIpc) is 2.69. The van der Waals surface area contributed by atoms with E-state index in [4.69, 9.17) is 9.47 Å². The first-order valence-electron chi connectivity index (χ1n) is 9.06. The van der Waals surface area contributed by atoms with Crippen molar-refractivity contribution < 1.29 is 9.47 Å². The Morgan fingerprint density at radius 1 is 0.963 bits per heavy atom. The number of nitrogens with zero attached hydrogens (tertiary/aromatic N) is 1. The molecule has 0 aromatic heterocycles. The molecule has 0 fully saturated rings. The second kappa shape index (κ2) is 13.4. The van der Waals surface area contributed by atoms with E-state index < -0.39 is 0 Å². The van der Waals surface area contributed by atoms with E-state index in [0.29, 0.717) is 26.3 Å². The van der Waals surface area contributed by atoms with Gasteiger partial charge in [-0.05, 0) is 42.7 Å². The third-order valence-corrected chi connectivity index (χ3v) is 3.95. The number of ether oxygens (including phenoxy) is 2. The maximum absolute atomic E-state index is 5.55. The Bertz CT molecular complexity index is 690. The van der Waals surface area contributed by atoms with Gasteiger partial charge in [0, 0.05) is 19.7 Å². The van der Waals surface area contributed by atoms with Gasteiger partial charge in [0.1, 0.15) is 5.75 Å². The van der Waals surface area contributed by atoms with Crippen LogP contribution in [0.25, 0.3) is 0 Å². The van der Waals surface area contributed by atoms with Gasteiger partial charge in [-0.2, -0.15) is 0 Å². The first-order valence-corrected chi connectivity index (χ1v) is 9.06. The fraction of sp³-hybridized carbons (Fsp3) is 0.381. The molecule has 0 aliphatic heterocycles. The molecule has 0 aliphatic carbocycles. The fourth-order valence-electron chi connectivity index (χ4n) is 2.50. The van der Waals surface area contributed by atoms with Crippen LogP contribution in [0.15, 0.2) is 53.5 Å². The molecule has 2 aromatic rings. The molecular formula is C21H30IN3O2. The van der Waals surface area contributed by atoms with Crippen LogP contribution in [0.4, 0.5) is 0 Å². The summed E-state index contributed by atoms with van der Waals surface area (Å²) >= 11 is 0. The van der Waals surface area contributed by atoms with Crippen molar-refractivity contribution in [3.63, 3.8) is 0 Å². The molecule has 0 bridgehead atoms. The highest BCUT2D eigenvalue weighted by Crippen LogP contribution is 2.12. The standard InChI is InChI=1S/C21H29N3O2.HI/c1-4-22-21(23-14-17-10-12-20(25-3)13-11-17)24-15-18-8-6-7-9-19(18)16-26-5-2;/h6-13H,4-5,14-16H2,1-3H3,(H2,22,23,24);1H. The van der Waals surface area contributed by atoms with E-state index in [1.165, 1.54) is 11.1 Å². The largest absolute Gasteiger partial charge is 0.497 e. The summed E-state index contributed by atoms with van der Waals surface area (Å²) in [5, 5.41) is 6.70. The molecule has 2 rings (SSSR count). The van der Waals surface area contributed by atoms with Crippen molar-refractivity contribution >= 4 is 29.9 Å². The molecule has 27 heavy (non-hydrogen) atoms. The Kier molecular flexibility index (Phi) is 11.5. The van der Waals surface area contributed by atoms with Crippen LogP contribution in [0.2, 0.25) is 0 Å². The van der Waals surface area contributed by atoms with Gasteiger partial charge in [-0.1, -0.05) is 36.4 Å². The lowest BCUT2D eigenvalue weighted by molar-refractivity contribution is 0.133. The van der Waals surface area contributed by atoms with Crippen molar-refractivity contribution in [1.29, 1.82) is 0 Å². The van der Waals surface area contributed by atoms with Crippen molar-refractivity contribution in [2.45, 2.75) is 33.5 Å². The second-order valence-electron chi connectivity index (χ2n) is 5.80. The van der Waals surface area contributed by atoms with Crippen LogP contribution in [-0.2, 0) is 24.4 Å². The van der Waals surface area contributed by atoms with Crippen LogP contribution in [-0.4, -0.2) is 26.2 Å². The summed E-state index contributed by atoms with van der Waals surface area (Å²) in [5.74, 6) is 1.66. The van der Waals surface area contributed by atoms with Gasteiger partial charge in [0.15, 0.2) is 5.96 Å². The number of hydrogen-bond acceptors (Lipinski definition) is 3. The summed E-state index contributed by atoms with van der Waals surface area (Å²) in [6, 6.07) is 16.3. The zero-order valence-corrected chi connectivity index (χ0v) is 18.7. The van der Waals surface area contributed by atoms with Crippen molar-refractivity contribution in [3.8, 4) is 5.75 Å². The van der Waals surface area contributed by atoms with Gasteiger partial charge < -0.3 is 20.1 Å². The second-order valence-corrected chi connectivity index (χ2v) is 5.80. The summed E-state index contributed by atoms with van der Waals surface area (Å²) in [4.78, 5) is 4.67. The van der Waals surface area contributed by atoms with Gasteiger partial charge in [0.2, 0.25) is 0 Å². The molecular weight excluding hydrogens is 453 g/mol. The van der Waals surface area contributed by atoms with Crippen molar-refractivity contribution in [2.75, 3.05) is 20.3 Å². The lowest BCUT2D eigenvalue weighted by Crippen LogP contribution is -2.37. The highest BCUT2D eigenvalue weighted by molar-refractivity contribution is 14.0. The zero-order chi connectivity index (χ0) is 18.6. The number of aliphatic imine (C=N–C) groups is 1. The molecule has 0 aliphatic rings. The van der Waals surface area contributed by atoms with Crippen LogP contribution in [0, 0.1) is 0 Å². The molecule has 0 spiro atoms. The van der Waals surface area contributed by atoms with E-state index in [0.717, 1.165) is 23.8 Å². The Morgan fingerprint density at radius 3 is 2.30 bits per heavy atom. The van der Waals surface area contributed by atoms with E-state index >= 15 is 0 Å². The van der Waals surface area contributed by atoms with Crippen molar-refractivity contribution in [1.82, 2.24) is 10.6 Å². The van der Waals surface area contributed by atoms with E-state index in [1.54, 1.807) is 7.11 Å². The van der Waals surface area contributed by atoms with Gasteiger partial charge >= 0.3 is 0 Å². The molecule has 6 heteroatoms. The van der Waals surface area contributed by atoms with Crippen LogP contribution in [0.5, 0.6) is 5.75 Å². The summed E-state index contributed by atoms with van der Waals surface area (Å²) in [7, 11) is 1.67. The molecule has 0 amide bonds. The molecule has 0 unspecified atom stereocenters. The number of halogens is 1. The van der Waals surface area contributed by atoms with Crippen LogP contribution < -0.4 is 15.4 Å². The number of hydrogen-bond donors (Lipinski definition) is 2. The lowest BCUT2D eigenvalue weighted by atomic mass is 10.1. The predicted octanol–water partition coefficient (Wildman–Crippen LogP) is 4.11. The van der Waals surface area contributed by atoms with Crippen molar-refractivity contribution in [2.24, 2.45) is 4.99 Å². The van der Waals surface area contributed by atoms with Gasteiger partial charge in [0.25, 0.3) is 0 Å². The minimum atomic E-state index is 0. The molecule has 2 N–H and O–H groups in total. The molecule has 148 valence electrons. The van der Waals surface area contributed by atoms with Crippen LogP contribution in [0.3, 0.4) is 0 Å². The Morgan fingerprint density at radius 2 is 1.67 bits per heavy atom. The van der Waals surface area contributed by atoms with Crippen LogP contribution in [0.1, 0.15) is 30.5 Å². The third-order valence-electron chi connectivity index (χ3n) is 3.95. The van der Waals surface area contributed by atoms with Gasteiger partial charge in [0.05, 0.1) is 20.3 Å². The monoisotopic (exact) mass is 483 g/mol. The van der Waals surface area contributed by atoms with E-state index in [-0.39, 0.29) is 24.0 Å². The highest BCUT2D eigenvalue weighted by atomic mass is 127. The van der Waals surface area contributed by atoms with Gasteiger partial charge in [-0.25, -0.2) is 4.99 Å². The summed E-state index contributed by atoms with van der Waals surface area (Å²) in [5.41, 5.74) is 3.56. The number of methoxy groups -OCH3 is 1. The molecule has 0 heterocycles. The maximum Gasteiger partial charge on any atom is 0.191 e. The average molecular weight is 483 g/mol. The summed E-state index contributed by atoms with van der Waals surface area (Å²) in [6.07, 6.45) is 0. The van der Waals surface area contributed by atoms with Crippen LogP contribution >= 0.6 is 24.0 Å². The Hall–Kier alpha value is -1.80. The Labute approximate surface area is 179 Å². The minimum absolute atomic E-state index is 0. The quantitative estimate of drug-likeness (QED) is 0.321. The molecule has 2 aromatic carbocycles. The number of benzene rings is 2. The number of guanidine groups is 1. The molecule has 5 nitrogen and oxygen atoms in total. The van der Waals surface area contributed by atoms with E-state index in [2.05, 4.69) is 34.7 Å². The normalized spacial score (nSPS) is 10.9. The summed E-state index contributed by atoms with van der Waals surface area (Å²) < 4.78 is 10.7. The first-order chi connectivity index (χ1) is 12.8. The Balaban J connectivity index is 0.00000364. The minimum Gasteiger partial charge on any atom is -0.497 e.